The molecule has 0 aliphatic carbocycles. The van der Waals surface area contributed by atoms with E-state index in [1.54, 1.807) is 0 Å². The third kappa shape index (κ3) is 12.2. The minimum atomic E-state index is -1.33. The highest BCUT2D eigenvalue weighted by Gasteiger charge is 2.23. The van der Waals surface area contributed by atoms with Crippen LogP contribution in [0, 0.1) is 0 Å². The Hall–Kier alpha value is -6.15. The van der Waals surface area contributed by atoms with E-state index >= 15 is 0 Å². The van der Waals surface area contributed by atoms with Gasteiger partial charge >= 0.3 is 0 Å². The summed E-state index contributed by atoms with van der Waals surface area (Å²) in [6.45, 7) is 6.60. The molecule has 4 rings (SSSR count). The Kier molecular flexibility index (Phi) is 16.9. The number of nitrogens with one attached hydrogen (secondary N) is 6. The molecular weight excluding hydrogens is 780 g/mol. The minimum absolute atomic E-state index is 0.0315. The highest BCUT2D eigenvalue weighted by molar-refractivity contribution is 5.96. The molecule has 15 N–H and O–H groups in total. The van der Waals surface area contributed by atoms with Gasteiger partial charge in [0.05, 0.1) is 0 Å². The maximum atomic E-state index is 12.7. The maximum absolute atomic E-state index is 12.7. The molecule has 4 aromatic rings. The molecule has 60 heavy (non-hydrogen) atoms. The van der Waals surface area contributed by atoms with Crippen molar-refractivity contribution in [3.8, 4) is 34.5 Å². The second-order valence-corrected chi connectivity index (χ2v) is 13.9. The molecule has 0 fully saturated rings. The number of aromatic hydroxyl groups is 6. The molecule has 0 heterocycles. The highest BCUT2D eigenvalue weighted by Crippen LogP contribution is 2.31. The number of rotatable bonds is 21. The van der Waals surface area contributed by atoms with Gasteiger partial charge < -0.3 is 77.9 Å². The number of aliphatic hydroxyl groups excluding tert-OH is 3. The van der Waals surface area contributed by atoms with Crippen molar-refractivity contribution in [1.29, 1.82) is 0 Å². The number of phenols is 6. The summed E-state index contributed by atoms with van der Waals surface area (Å²) in [6.07, 6.45) is -2.22. The first kappa shape index (κ1) is 46.5. The SMILES string of the molecule is CCc1c(CNCC(O)NC(=O)c2ccc(O)c(O)c2)c(CC)c(CNCC(O)NC(=O)c2ccc(O)c(O)c2)c(CC)c1CNCC(O)NC(=O)c1ccc(O)c(O)c1. The highest BCUT2D eigenvalue weighted by atomic mass is 16.3. The molecule has 4 aromatic carbocycles. The third-order valence-corrected chi connectivity index (χ3v) is 9.77. The van der Waals surface area contributed by atoms with Crippen molar-refractivity contribution < 1.29 is 60.3 Å². The summed E-state index contributed by atoms with van der Waals surface area (Å²) in [5.74, 6) is -4.63. The van der Waals surface area contributed by atoms with Crippen molar-refractivity contribution in [2.45, 2.75) is 78.4 Å². The van der Waals surface area contributed by atoms with Gasteiger partial charge in [-0.1, -0.05) is 20.8 Å². The van der Waals surface area contributed by atoms with Gasteiger partial charge in [0, 0.05) is 56.0 Å². The molecule has 0 saturated heterocycles. The summed E-state index contributed by atoms with van der Waals surface area (Å²) in [5.41, 5.74) is 5.85. The lowest BCUT2D eigenvalue weighted by Crippen LogP contribution is -2.42. The van der Waals surface area contributed by atoms with Crippen molar-refractivity contribution in [2.24, 2.45) is 0 Å². The van der Waals surface area contributed by atoms with E-state index in [-0.39, 0.29) is 56.0 Å². The van der Waals surface area contributed by atoms with E-state index in [1.807, 2.05) is 20.8 Å². The van der Waals surface area contributed by atoms with Crippen LogP contribution in [-0.4, -0.2) is 102 Å². The summed E-state index contributed by atoms with van der Waals surface area (Å²) in [7, 11) is 0. The van der Waals surface area contributed by atoms with Crippen molar-refractivity contribution >= 4 is 17.7 Å². The number of carbonyl (C=O) groups is 3. The van der Waals surface area contributed by atoms with E-state index in [0.29, 0.717) is 19.3 Å². The van der Waals surface area contributed by atoms with Gasteiger partial charge in [-0.25, -0.2) is 0 Å². The Labute approximate surface area is 346 Å². The van der Waals surface area contributed by atoms with Crippen LogP contribution in [0.2, 0.25) is 0 Å². The standard InChI is InChI=1S/C42H54N6O12/c1-4-25-28(16-43-19-37(55)46-40(58)22-7-10-31(49)34(52)13-22)26(5-2)30(18-45-21-39(57)48-42(60)24-9-12-33(51)36(54)15-24)27(6-3)29(25)17-44-20-38(56)47-41(59)23-8-11-32(50)35(53)14-23/h7-15,37-39,43-45,49-57H,4-6,16-21H2,1-3H3,(H,46,58)(H,47,59)(H,48,60). The smallest absolute Gasteiger partial charge is 0.253 e. The van der Waals surface area contributed by atoms with Crippen LogP contribution in [0.3, 0.4) is 0 Å². The monoisotopic (exact) mass is 834 g/mol. The van der Waals surface area contributed by atoms with Crippen molar-refractivity contribution in [3.05, 3.63) is 105 Å². The van der Waals surface area contributed by atoms with Crippen molar-refractivity contribution in [1.82, 2.24) is 31.9 Å². The van der Waals surface area contributed by atoms with E-state index in [1.165, 1.54) is 18.2 Å². The molecule has 3 unspecified atom stereocenters. The summed E-state index contributed by atoms with van der Waals surface area (Å²) >= 11 is 0. The summed E-state index contributed by atoms with van der Waals surface area (Å²) in [5, 5.41) is 107. The summed E-state index contributed by atoms with van der Waals surface area (Å²) < 4.78 is 0. The largest absolute Gasteiger partial charge is 0.504 e. The van der Waals surface area contributed by atoms with Crippen LogP contribution >= 0.6 is 0 Å². The van der Waals surface area contributed by atoms with Gasteiger partial charge in [0.25, 0.3) is 17.7 Å². The molecule has 0 aliphatic heterocycles. The van der Waals surface area contributed by atoms with E-state index in [2.05, 4.69) is 31.9 Å². The first-order chi connectivity index (χ1) is 28.6. The molecule has 3 amide bonds. The molecule has 0 aliphatic rings. The molecule has 0 spiro atoms. The predicted molar refractivity (Wildman–Crippen MR) is 219 cm³/mol. The van der Waals surface area contributed by atoms with Crippen LogP contribution in [0.5, 0.6) is 34.5 Å². The fourth-order valence-corrected chi connectivity index (χ4v) is 6.87. The predicted octanol–water partition coefficient (Wildman–Crippen LogP) is 1.12. The van der Waals surface area contributed by atoms with Crippen molar-refractivity contribution in [3.63, 3.8) is 0 Å². The van der Waals surface area contributed by atoms with Crippen LogP contribution < -0.4 is 31.9 Å². The molecule has 0 radical (unpaired) electrons. The molecule has 0 bridgehead atoms. The van der Waals surface area contributed by atoms with Gasteiger partial charge in [-0.15, -0.1) is 0 Å². The molecule has 3 atom stereocenters. The maximum Gasteiger partial charge on any atom is 0.253 e. The molecule has 0 aromatic heterocycles. The van der Waals surface area contributed by atoms with Crippen LogP contribution in [0.15, 0.2) is 54.6 Å². The zero-order chi connectivity index (χ0) is 44.1. The fourth-order valence-electron chi connectivity index (χ4n) is 6.87. The quantitative estimate of drug-likeness (QED) is 0.0413. The lowest BCUT2D eigenvalue weighted by Gasteiger charge is -2.27. The number of amides is 3. The van der Waals surface area contributed by atoms with Gasteiger partial charge in [-0.2, -0.15) is 0 Å². The molecule has 324 valence electrons. The van der Waals surface area contributed by atoms with Gasteiger partial charge in [0.2, 0.25) is 0 Å². The second-order valence-electron chi connectivity index (χ2n) is 13.9. The van der Waals surface area contributed by atoms with Gasteiger partial charge in [-0.05, 0) is 107 Å². The number of benzene rings is 4. The zero-order valence-electron chi connectivity index (χ0n) is 33.5. The first-order valence-electron chi connectivity index (χ1n) is 19.4. The minimum Gasteiger partial charge on any atom is -0.504 e. The van der Waals surface area contributed by atoms with E-state index < -0.39 is 70.9 Å². The number of carbonyl (C=O) groups excluding carboxylic acids is 3. The Morgan fingerprint density at radius 3 is 0.883 bits per heavy atom. The lowest BCUT2D eigenvalue weighted by atomic mass is 9.83. The third-order valence-electron chi connectivity index (χ3n) is 9.77. The van der Waals surface area contributed by atoms with E-state index in [4.69, 9.17) is 0 Å². The summed E-state index contributed by atoms with van der Waals surface area (Å²) in [4.78, 5) is 38.1. The first-order valence-corrected chi connectivity index (χ1v) is 19.4. The number of phenolic OH excluding ortho intramolecular Hbond substituents is 6. The van der Waals surface area contributed by atoms with Crippen molar-refractivity contribution in [2.75, 3.05) is 19.6 Å². The number of aliphatic hydroxyl groups is 3. The Balaban J connectivity index is 1.54. The molecule has 18 nitrogen and oxygen atoms in total. The van der Waals surface area contributed by atoms with Crippen LogP contribution in [0.25, 0.3) is 0 Å². The topological polar surface area (TPSA) is 305 Å². The van der Waals surface area contributed by atoms with Gasteiger partial charge in [-0.3, -0.25) is 14.4 Å². The second kappa shape index (κ2) is 21.7. The fraction of sp³-hybridized carbons (Fsp3) is 0.357. The molecule has 18 heteroatoms. The Morgan fingerprint density at radius 1 is 0.417 bits per heavy atom. The Morgan fingerprint density at radius 2 is 0.667 bits per heavy atom. The Bertz CT molecular complexity index is 1890. The average Bonchev–Trinajstić information content (AvgIpc) is 3.20. The normalized spacial score (nSPS) is 12.7. The zero-order valence-corrected chi connectivity index (χ0v) is 33.5. The number of hydrogen-bond acceptors (Lipinski definition) is 15. The molecular formula is C42H54N6O12. The molecule has 0 saturated carbocycles. The van der Waals surface area contributed by atoms with Gasteiger partial charge in [0.1, 0.15) is 18.7 Å². The van der Waals surface area contributed by atoms with Crippen LogP contribution in [0.1, 0.15) is 85.2 Å². The van der Waals surface area contributed by atoms with E-state index in [9.17, 15) is 60.3 Å². The average molecular weight is 835 g/mol. The lowest BCUT2D eigenvalue weighted by molar-refractivity contribution is 0.0771. The van der Waals surface area contributed by atoms with Gasteiger partial charge in [0.15, 0.2) is 34.5 Å². The summed E-state index contributed by atoms with van der Waals surface area (Å²) in [6, 6.07) is 10.6. The van der Waals surface area contributed by atoms with Crippen LogP contribution in [0.4, 0.5) is 0 Å². The van der Waals surface area contributed by atoms with E-state index in [0.717, 1.165) is 69.8 Å². The van der Waals surface area contributed by atoms with Crippen LogP contribution in [-0.2, 0) is 38.9 Å². The number of hydrogen-bond donors (Lipinski definition) is 15.